The first kappa shape index (κ1) is 16.3. The Balaban J connectivity index is 1.97. The number of hydrogen-bond donors (Lipinski definition) is 1. The number of aromatic nitrogens is 3. The van der Waals surface area contributed by atoms with E-state index in [9.17, 15) is 4.79 Å². The summed E-state index contributed by atoms with van der Waals surface area (Å²) in [4.78, 5) is 11.9. The van der Waals surface area contributed by atoms with Gasteiger partial charge in [-0.2, -0.15) is 0 Å². The third kappa shape index (κ3) is 4.44. The number of nitrogens with one attached hydrogen (secondary N) is 1. The highest BCUT2D eigenvalue weighted by atomic mass is 32.2. The minimum atomic E-state index is -0.293. The molecule has 0 saturated carbocycles. The van der Waals surface area contributed by atoms with E-state index in [1.54, 1.807) is 11.8 Å². The Labute approximate surface area is 130 Å². The molecule has 0 bridgehead atoms. The second-order valence-electron chi connectivity index (χ2n) is 5.03. The summed E-state index contributed by atoms with van der Waals surface area (Å²) in [5.41, 5.74) is 0. The van der Waals surface area contributed by atoms with E-state index < -0.39 is 0 Å². The van der Waals surface area contributed by atoms with Crippen molar-refractivity contribution in [2.24, 2.45) is 0 Å². The molecular formula is C14H24N4O2S. The number of aryl methyl sites for hydroxylation is 1. The summed E-state index contributed by atoms with van der Waals surface area (Å²) >= 11 is 1.58. The van der Waals surface area contributed by atoms with Gasteiger partial charge in [-0.1, -0.05) is 25.1 Å². The summed E-state index contributed by atoms with van der Waals surface area (Å²) in [6.45, 7) is 5.94. The van der Waals surface area contributed by atoms with E-state index in [2.05, 4.69) is 20.1 Å². The molecule has 0 fully saturated rings. The predicted octanol–water partition coefficient (Wildman–Crippen LogP) is 1.64. The van der Waals surface area contributed by atoms with Crippen LogP contribution in [0.1, 0.15) is 38.9 Å². The van der Waals surface area contributed by atoms with Crippen LogP contribution in [0, 0.1) is 0 Å². The van der Waals surface area contributed by atoms with Crippen LogP contribution in [0.4, 0.5) is 0 Å². The Morgan fingerprint density at radius 2 is 2.24 bits per heavy atom. The lowest BCUT2D eigenvalue weighted by Crippen LogP contribution is -2.40. The fourth-order valence-electron chi connectivity index (χ4n) is 2.42. The molecule has 1 atom stereocenters. The van der Waals surface area contributed by atoms with Crippen LogP contribution in [0.5, 0.6) is 0 Å². The van der Waals surface area contributed by atoms with Gasteiger partial charge < -0.3 is 14.6 Å². The summed E-state index contributed by atoms with van der Waals surface area (Å²) < 4.78 is 7.30. The second-order valence-corrected chi connectivity index (χ2v) is 6.02. The fourth-order valence-corrected chi connectivity index (χ4v) is 3.44. The minimum absolute atomic E-state index is 0.192. The maximum absolute atomic E-state index is 11.9. The summed E-state index contributed by atoms with van der Waals surface area (Å²) in [5.74, 6) is 1.50. The molecule has 0 aliphatic carbocycles. The largest absolute Gasteiger partial charge is 0.465 e. The highest BCUT2D eigenvalue weighted by molar-refractivity contribution is 7.99. The van der Waals surface area contributed by atoms with Gasteiger partial charge in [0.25, 0.3) is 0 Å². The number of ether oxygens (including phenoxy) is 1. The quantitative estimate of drug-likeness (QED) is 0.610. The molecule has 2 heterocycles. The molecule has 0 aromatic carbocycles. The zero-order valence-electron chi connectivity index (χ0n) is 12.8. The number of rotatable bonds is 7. The Hall–Kier alpha value is -1.08. The van der Waals surface area contributed by atoms with Crippen LogP contribution in [0.3, 0.4) is 0 Å². The average molecular weight is 312 g/mol. The first-order chi connectivity index (χ1) is 10.3. The standard InChI is InChI=1S/C14H24N4O2S/c1-3-15-11(13(19)20-4-2)10-21-14-17-16-12-8-6-5-7-9-18(12)14/h11,15H,3-10H2,1-2H3. The highest BCUT2D eigenvalue weighted by Crippen LogP contribution is 2.22. The van der Waals surface area contributed by atoms with Crippen molar-refractivity contribution in [3.8, 4) is 0 Å². The van der Waals surface area contributed by atoms with E-state index in [1.165, 1.54) is 19.3 Å². The molecule has 118 valence electrons. The topological polar surface area (TPSA) is 69.0 Å². The van der Waals surface area contributed by atoms with Crippen molar-refractivity contribution >= 4 is 17.7 Å². The third-order valence-electron chi connectivity index (χ3n) is 3.48. The lowest BCUT2D eigenvalue weighted by Gasteiger charge is -2.15. The van der Waals surface area contributed by atoms with Crippen LogP contribution in [-0.2, 0) is 22.5 Å². The van der Waals surface area contributed by atoms with E-state index in [0.717, 1.165) is 30.5 Å². The molecule has 0 spiro atoms. The Bertz CT molecular complexity index is 464. The maximum Gasteiger partial charge on any atom is 0.323 e. The Morgan fingerprint density at radius 1 is 1.38 bits per heavy atom. The van der Waals surface area contributed by atoms with Gasteiger partial charge >= 0.3 is 5.97 Å². The van der Waals surface area contributed by atoms with Crippen LogP contribution < -0.4 is 5.32 Å². The van der Waals surface area contributed by atoms with Gasteiger partial charge in [-0.25, -0.2) is 0 Å². The molecular weight excluding hydrogens is 288 g/mol. The molecule has 7 heteroatoms. The molecule has 2 rings (SSSR count). The molecule has 0 saturated heterocycles. The molecule has 1 aromatic rings. The number of thioether (sulfide) groups is 1. The number of fused-ring (bicyclic) bond motifs is 1. The van der Waals surface area contributed by atoms with Crippen molar-refractivity contribution in [3.63, 3.8) is 0 Å². The molecule has 1 unspecified atom stereocenters. The lowest BCUT2D eigenvalue weighted by atomic mass is 10.2. The van der Waals surface area contributed by atoms with E-state index in [-0.39, 0.29) is 12.0 Å². The zero-order chi connectivity index (χ0) is 15.1. The number of carbonyl (C=O) groups excluding carboxylic acids is 1. The third-order valence-corrected chi connectivity index (χ3v) is 4.54. The van der Waals surface area contributed by atoms with Crippen LogP contribution in [0.2, 0.25) is 0 Å². The van der Waals surface area contributed by atoms with Gasteiger partial charge in [0.05, 0.1) is 6.61 Å². The van der Waals surface area contributed by atoms with Gasteiger partial charge in [-0.3, -0.25) is 4.79 Å². The predicted molar refractivity (Wildman–Crippen MR) is 82.4 cm³/mol. The van der Waals surface area contributed by atoms with E-state index in [4.69, 9.17) is 4.74 Å². The highest BCUT2D eigenvalue weighted by Gasteiger charge is 2.21. The number of likely N-dealkylation sites (N-methyl/N-ethyl adjacent to an activating group) is 1. The van der Waals surface area contributed by atoms with Crippen molar-refractivity contribution in [3.05, 3.63) is 5.82 Å². The Kier molecular flexibility index (Phi) is 6.50. The van der Waals surface area contributed by atoms with Gasteiger partial charge in [-0.05, 0) is 26.3 Å². The number of nitrogens with zero attached hydrogens (tertiary/aromatic N) is 3. The van der Waals surface area contributed by atoms with Crippen molar-refractivity contribution in [1.29, 1.82) is 0 Å². The van der Waals surface area contributed by atoms with Crippen molar-refractivity contribution in [2.75, 3.05) is 18.9 Å². The van der Waals surface area contributed by atoms with Crippen LogP contribution in [0.15, 0.2) is 5.16 Å². The van der Waals surface area contributed by atoms with Crippen LogP contribution in [-0.4, -0.2) is 45.7 Å². The number of carbonyl (C=O) groups is 1. The summed E-state index contributed by atoms with van der Waals surface area (Å²) in [6, 6.07) is -0.293. The zero-order valence-corrected chi connectivity index (χ0v) is 13.6. The van der Waals surface area contributed by atoms with Gasteiger partial charge in [0.2, 0.25) is 0 Å². The van der Waals surface area contributed by atoms with Crippen molar-refractivity contribution in [1.82, 2.24) is 20.1 Å². The number of hydrogen-bond acceptors (Lipinski definition) is 6. The monoisotopic (exact) mass is 312 g/mol. The van der Waals surface area contributed by atoms with Crippen molar-refractivity contribution in [2.45, 2.75) is 57.3 Å². The van der Waals surface area contributed by atoms with E-state index in [1.807, 2.05) is 13.8 Å². The fraction of sp³-hybridized carbons (Fsp3) is 0.786. The van der Waals surface area contributed by atoms with Gasteiger partial charge in [-0.15, -0.1) is 10.2 Å². The van der Waals surface area contributed by atoms with Crippen LogP contribution in [0.25, 0.3) is 0 Å². The van der Waals surface area contributed by atoms with Gasteiger partial charge in [0.1, 0.15) is 11.9 Å². The molecule has 1 N–H and O–H groups in total. The summed E-state index contributed by atoms with van der Waals surface area (Å²) in [5, 5.41) is 12.6. The summed E-state index contributed by atoms with van der Waals surface area (Å²) in [6.07, 6.45) is 4.61. The van der Waals surface area contributed by atoms with Crippen molar-refractivity contribution < 1.29 is 9.53 Å². The SMILES string of the molecule is CCNC(CSc1nnc2n1CCCCC2)C(=O)OCC. The summed E-state index contributed by atoms with van der Waals surface area (Å²) in [7, 11) is 0. The van der Waals surface area contributed by atoms with Gasteiger partial charge in [0, 0.05) is 18.7 Å². The lowest BCUT2D eigenvalue weighted by molar-refractivity contribution is -0.144. The average Bonchev–Trinajstić information content (AvgIpc) is 2.71. The molecule has 1 aliphatic heterocycles. The molecule has 1 aromatic heterocycles. The van der Waals surface area contributed by atoms with Gasteiger partial charge in [0.15, 0.2) is 5.16 Å². The molecule has 0 radical (unpaired) electrons. The van der Waals surface area contributed by atoms with E-state index in [0.29, 0.717) is 12.4 Å². The first-order valence-electron chi connectivity index (χ1n) is 7.71. The smallest absolute Gasteiger partial charge is 0.323 e. The first-order valence-corrected chi connectivity index (χ1v) is 8.69. The molecule has 0 amide bonds. The Morgan fingerprint density at radius 3 is 3.00 bits per heavy atom. The van der Waals surface area contributed by atoms with Crippen LogP contribution >= 0.6 is 11.8 Å². The normalized spacial score (nSPS) is 16.1. The second kappa shape index (κ2) is 8.38. The maximum atomic E-state index is 11.9. The molecule has 6 nitrogen and oxygen atoms in total. The molecule has 21 heavy (non-hydrogen) atoms. The number of esters is 1. The van der Waals surface area contributed by atoms with E-state index >= 15 is 0 Å². The minimum Gasteiger partial charge on any atom is -0.465 e. The molecule has 1 aliphatic rings.